The van der Waals surface area contributed by atoms with Gasteiger partial charge in [0.1, 0.15) is 6.54 Å². The van der Waals surface area contributed by atoms with E-state index in [1.165, 1.54) is 0 Å². The van der Waals surface area contributed by atoms with Crippen molar-refractivity contribution in [1.82, 2.24) is 20.5 Å². The summed E-state index contributed by atoms with van der Waals surface area (Å²) in [4.78, 5) is 22.4. The van der Waals surface area contributed by atoms with Crippen LogP contribution in [0.25, 0.3) is 0 Å². The number of hydrogen-bond acceptors (Lipinski definition) is 4. The maximum atomic E-state index is 11.6. The molecule has 21 heavy (non-hydrogen) atoms. The van der Waals surface area contributed by atoms with Crippen molar-refractivity contribution < 1.29 is 4.79 Å². The molecular formula is C14H25N5OS. The summed E-state index contributed by atoms with van der Waals surface area (Å²) in [6.45, 7) is 8.29. The minimum Gasteiger partial charge on any atom is -0.357 e. The SMILES string of the molecule is CCCNC(=O)CN=C(NCC)N(C)Cc1csc(C)n1. The topological polar surface area (TPSA) is 69.6 Å². The molecule has 0 spiro atoms. The lowest BCUT2D eigenvalue weighted by molar-refractivity contribution is -0.119. The molecule has 2 N–H and O–H groups in total. The van der Waals surface area contributed by atoms with Gasteiger partial charge in [0.15, 0.2) is 5.96 Å². The number of aliphatic imine (C=N–C) groups is 1. The number of carbonyl (C=O) groups is 1. The van der Waals surface area contributed by atoms with E-state index in [0.717, 1.165) is 29.6 Å². The Morgan fingerprint density at radius 3 is 2.76 bits per heavy atom. The fourth-order valence-corrected chi connectivity index (χ4v) is 2.34. The molecular weight excluding hydrogens is 286 g/mol. The molecule has 0 radical (unpaired) electrons. The zero-order valence-corrected chi connectivity index (χ0v) is 14.1. The van der Waals surface area contributed by atoms with Gasteiger partial charge in [0.05, 0.1) is 17.2 Å². The van der Waals surface area contributed by atoms with E-state index in [2.05, 4.69) is 20.6 Å². The maximum absolute atomic E-state index is 11.6. The molecule has 0 bridgehead atoms. The van der Waals surface area contributed by atoms with Crippen molar-refractivity contribution >= 4 is 23.2 Å². The van der Waals surface area contributed by atoms with E-state index < -0.39 is 0 Å². The second-order valence-corrected chi connectivity index (χ2v) is 5.80. The first kappa shape index (κ1) is 17.4. The minimum atomic E-state index is -0.0508. The van der Waals surface area contributed by atoms with Crippen molar-refractivity contribution in [2.24, 2.45) is 4.99 Å². The van der Waals surface area contributed by atoms with Crippen LogP contribution in [0.4, 0.5) is 0 Å². The van der Waals surface area contributed by atoms with Crippen molar-refractivity contribution in [2.45, 2.75) is 33.7 Å². The lowest BCUT2D eigenvalue weighted by atomic mass is 10.4. The standard InChI is InChI=1S/C14H25N5OS/c1-5-7-16-13(20)8-17-14(15-6-2)19(4)9-12-10-21-11(3)18-12/h10H,5-9H2,1-4H3,(H,15,17)(H,16,20). The van der Waals surface area contributed by atoms with Gasteiger partial charge in [-0.2, -0.15) is 0 Å². The Hall–Kier alpha value is -1.63. The van der Waals surface area contributed by atoms with Gasteiger partial charge in [0.2, 0.25) is 5.91 Å². The molecule has 0 saturated carbocycles. The summed E-state index contributed by atoms with van der Waals surface area (Å²) in [5.74, 6) is 0.667. The summed E-state index contributed by atoms with van der Waals surface area (Å²) in [5, 5.41) is 9.11. The Balaban J connectivity index is 2.59. The maximum Gasteiger partial charge on any atom is 0.241 e. The highest BCUT2D eigenvalue weighted by atomic mass is 32.1. The smallest absolute Gasteiger partial charge is 0.241 e. The van der Waals surface area contributed by atoms with Gasteiger partial charge in [-0.05, 0) is 20.3 Å². The third-order valence-corrected chi connectivity index (χ3v) is 3.53. The molecule has 0 fully saturated rings. The lowest BCUT2D eigenvalue weighted by Crippen LogP contribution is -2.39. The first-order chi connectivity index (χ1) is 10.1. The summed E-state index contributed by atoms with van der Waals surface area (Å²) in [6, 6.07) is 0. The van der Waals surface area contributed by atoms with Gasteiger partial charge in [-0.1, -0.05) is 6.92 Å². The van der Waals surface area contributed by atoms with E-state index >= 15 is 0 Å². The van der Waals surface area contributed by atoms with Crippen LogP contribution >= 0.6 is 11.3 Å². The molecule has 0 aromatic carbocycles. The third-order valence-electron chi connectivity index (χ3n) is 2.71. The Morgan fingerprint density at radius 1 is 1.43 bits per heavy atom. The van der Waals surface area contributed by atoms with Crippen LogP contribution in [0.5, 0.6) is 0 Å². The second-order valence-electron chi connectivity index (χ2n) is 4.73. The highest BCUT2D eigenvalue weighted by Crippen LogP contribution is 2.09. The molecule has 0 atom stereocenters. The van der Waals surface area contributed by atoms with Crippen LogP contribution in [0.2, 0.25) is 0 Å². The first-order valence-corrected chi connectivity index (χ1v) is 8.11. The Bertz CT molecular complexity index is 472. The van der Waals surface area contributed by atoms with E-state index in [9.17, 15) is 4.79 Å². The van der Waals surface area contributed by atoms with Crippen LogP contribution in [0.3, 0.4) is 0 Å². The normalized spacial score (nSPS) is 11.3. The predicted molar refractivity (Wildman–Crippen MR) is 87.6 cm³/mol. The van der Waals surface area contributed by atoms with E-state index in [1.807, 2.05) is 38.1 Å². The summed E-state index contributed by atoms with van der Waals surface area (Å²) >= 11 is 1.64. The van der Waals surface area contributed by atoms with Gasteiger partial charge in [-0.15, -0.1) is 11.3 Å². The second kappa shape index (κ2) is 9.33. The number of guanidine groups is 1. The molecule has 1 aromatic heterocycles. The average Bonchev–Trinajstić information content (AvgIpc) is 2.86. The predicted octanol–water partition coefficient (Wildman–Crippen LogP) is 1.38. The summed E-state index contributed by atoms with van der Waals surface area (Å²) in [5.41, 5.74) is 1.01. The number of nitrogens with zero attached hydrogens (tertiary/aromatic N) is 3. The number of aromatic nitrogens is 1. The Kier molecular flexibility index (Phi) is 7.74. The number of rotatable bonds is 7. The van der Waals surface area contributed by atoms with E-state index in [0.29, 0.717) is 13.1 Å². The highest BCUT2D eigenvalue weighted by molar-refractivity contribution is 7.09. The number of aryl methyl sites for hydroxylation is 1. The van der Waals surface area contributed by atoms with Crippen molar-refractivity contribution in [3.63, 3.8) is 0 Å². The largest absolute Gasteiger partial charge is 0.357 e. The highest BCUT2D eigenvalue weighted by Gasteiger charge is 2.09. The zero-order valence-electron chi connectivity index (χ0n) is 13.3. The van der Waals surface area contributed by atoms with Crippen LogP contribution in [-0.4, -0.2) is 48.4 Å². The van der Waals surface area contributed by atoms with Crippen LogP contribution in [0, 0.1) is 6.92 Å². The first-order valence-electron chi connectivity index (χ1n) is 7.24. The fraction of sp³-hybridized carbons (Fsp3) is 0.643. The van der Waals surface area contributed by atoms with Crippen molar-refractivity contribution in [2.75, 3.05) is 26.7 Å². The number of thiazole rings is 1. The van der Waals surface area contributed by atoms with Crippen molar-refractivity contribution in [1.29, 1.82) is 0 Å². The number of nitrogens with one attached hydrogen (secondary N) is 2. The van der Waals surface area contributed by atoms with Gasteiger partial charge in [-0.25, -0.2) is 9.98 Å². The van der Waals surface area contributed by atoms with Gasteiger partial charge >= 0.3 is 0 Å². The Morgan fingerprint density at radius 2 is 2.19 bits per heavy atom. The molecule has 7 heteroatoms. The molecule has 118 valence electrons. The van der Waals surface area contributed by atoms with E-state index in [1.54, 1.807) is 11.3 Å². The summed E-state index contributed by atoms with van der Waals surface area (Å²) in [7, 11) is 1.94. The van der Waals surface area contributed by atoms with Gasteiger partial charge in [0, 0.05) is 25.5 Å². The zero-order chi connectivity index (χ0) is 15.7. The van der Waals surface area contributed by atoms with Gasteiger partial charge < -0.3 is 15.5 Å². The molecule has 0 saturated heterocycles. The molecule has 6 nitrogen and oxygen atoms in total. The molecule has 0 unspecified atom stereocenters. The van der Waals surface area contributed by atoms with E-state index in [-0.39, 0.29) is 12.5 Å². The molecule has 0 aliphatic rings. The Labute approximate surface area is 130 Å². The molecule has 1 amide bonds. The fourth-order valence-electron chi connectivity index (χ4n) is 1.74. The quantitative estimate of drug-likeness (QED) is 0.589. The summed E-state index contributed by atoms with van der Waals surface area (Å²) in [6.07, 6.45) is 0.929. The van der Waals surface area contributed by atoms with Gasteiger partial charge in [-0.3, -0.25) is 4.79 Å². The molecule has 0 aliphatic carbocycles. The van der Waals surface area contributed by atoms with Crippen molar-refractivity contribution in [3.05, 3.63) is 16.1 Å². The molecule has 1 aromatic rings. The van der Waals surface area contributed by atoms with Crippen molar-refractivity contribution in [3.8, 4) is 0 Å². The van der Waals surface area contributed by atoms with Crippen LogP contribution in [0.15, 0.2) is 10.4 Å². The number of amides is 1. The number of hydrogen-bond donors (Lipinski definition) is 2. The average molecular weight is 311 g/mol. The third kappa shape index (κ3) is 6.57. The van der Waals surface area contributed by atoms with Gasteiger partial charge in [0.25, 0.3) is 0 Å². The van der Waals surface area contributed by atoms with Crippen LogP contribution < -0.4 is 10.6 Å². The number of carbonyl (C=O) groups excluding carboxylic acids is 1. The van der Waals surface area contributed by atoms with E-state index in [4.69, 9.17) is 0 Å². The monoisotopic (exact) mass is 311 g/mol. The molecule has 1 heterocycles. The van der Waals surface area contributed by atoms with Crippen LogP contribution in [0.1, 0.15) is 31.0 Å². The molecule has 0 aliphatic heterocycles. The molecule has 1 rings (SSSR count). The summed E-state index contributed by atoms with van der Waals surface area (Å²) < 4.78 is 0. The minimum absolute atomic E-state index is 0.0508. The lowest BCUT2D eigenvalue weighted by Gasteiger charge is -2.21. The van der Waals surface area contributed by atoms with Crippen LogP contribution in [-0.2, 0) is 11.3 Å².